The standard InChI is InChI=1S/C15H14ClF2N3O2/c1-9(21-14(22)10-2-4-19-5-3-10)11-6-12(16)15(20-7-11)23-8-13(17)18/h2-7,9,13H,8H2,1H3,(H,21,22). The van der Waals surface area contributed by atoms with Crippen molar-refractivity contribution in [2.45, 2.75) is 19.4 Å². The van der Waals surface area contributed by atoms with Crippen LogP contribution in [0.5, 0.6) is 5.88 Å². The fourth-order valence-corrected chi connectivity index (χ4v) is 2.02. The van der Waals surface area contributed by atoms with Gasteiger partial charge in [0.2, 0.25) is 5.88 Å². The minimum atomic E-state index is -2.61. The van der Waals surface area contributed by atoms with E-state index in [9.17, 15) is 13.6 Å². The lowest BCUT2D eigenvalue weighted by molar-refractivity contribution is 0.0796. The molecule has 1 unspecified atom stereocenters. The van der Waals surface area contributed by atoms with Gasteiger partial charge < -0.3 is 10.1 Å². The first-order chi connectivity index (χ1) is 11.0. The zero-order valence-electron chi connectivity index (χ0n) is 12.2. The molecule has 0 aliphatic carbocycles. The van der Waals surface area contributed by atoms with Crippen molar-refractivity contribution in [1.82, 2.24) is 15.3 Å². The zero-order valence-corrected chi connectivity index (χ0v) is 12.9. The van der Waals surface area contributed by atoms with Crippen LogP contribution in [0.3, 0.4) is 0 Å². The van der Waals surface area contributed by atoms with E-state index in [0.29, 0.717) is 11.1 Å². The maximum absolute atomic E-state index is 12.1. The molecule has 2 aromatic rings. The van der Waals surface area contributed by atoms with Gasteiger partial charge in [-0.15, -0.1) is 0 Å². The van der Waals surface area contributed by atoms with Crippen LogP contribution >= 0.6 is 11.6 Å². The molecular formula is C15H14ClF2N3O2. The largest absolute Gasteiger partial charge is 0.471 e. The Balaban J connectivity index is 2.03. The van der Waals surface area contributed by atoms with E-state index in [1.165, 1.54) is 24.7 Å². The average Bonchev–Trinajstić information content (AvgIpc) is 2.54. The molecule has 2 aromatic heterocycles. The molecule has 0 aliphatic heterocycles. The maximum atomic E-state index is 12.1. The predicted octanol–water partition coefficient (Wildman–Crippen LogP) is 3.26. The van der Waals surface area contributed by atoms with E-state index in [0.717, 1.165) is 0 Å². The van der Waals surface area contributed by atoms with Crippen LogP contribution in [0.1, 0.15) is 28.9 Å². The number of rotatable bonds is 6. The van der Waals surface area contributed by atoms with Gasteiger partial charge in [0.15, 0.2) is 6.61 Å². The number of amides is 1. The summed E-state index contributed by atoms with van der Waals surface area (Å²) in [6, 6.07) is 4.33. The van der Waals surface area contributed by atoms with Crippen LogP contribution in [0.4, 0.5) is 8.78 Å². The molecule has 1 N–H and O–H groups in total. The summed E-state index contributed by atoms with van der Waals surface area (Å²) in [6.45, 7) is 0.979. The molecule has 1 atom stereocenters. The quantitative estimate of drug-likeness (QED) is 0.876. The highest BCUT2D eigenvalue weighted by Gasteiger charge is 2.14. The molecule has 5 nitrogen and oxygen atoms in total. The van der Waals surface area contributed by atoms with E-state index >= 15 is 0 Å². The second-order valence-electron chi connectivity index (χ2n) is 4.69. The van der Waals surface area contributed by atoms with Crippen molar-refractivity contribution >= 4 is 17.5 Å². The number of carbonyl (C=O) groups excluding carboxylic acids is 1. The first-order valence-corrected chi connectivity index (χ1v) is 7.12. The van der Waals surface area contributed by atoms with E-state index in [1.54, 1.807) is 19.1 Å². The van der Waals surface area contributed by atoms with Crippen LogP contribution in [-0.2, 0) is 0 Å². The number of hydrogen-bond donors (Lipinski definition) is 1. The Hall–Kier alpha value is -2.28. The molecule has 122 valence electrons. The van der Waals surface area contributed by atoms with Crippen molar-refractivity contribution in [2.75, 3.05) is 6.61 Å². The van der Waals surface area contributed by atoms with Gasteiger partial charge in [-0.2, -0.15) is 0 Å². The van der Waals surface area contributed by atoms with E-state index in [4.69, 9.17) is 16.3 Å². The number of carbonyl (C=O) groups is 1. The molecule has 1 amide bonds. The lowest BCUT2D eigenvalue weighted by Crippen LogP contribution is -2.26. The second kappa shape index (κ2) is 7.82. The third kappa shape index (κ3) is 4.85. The van der Waals surface area contributed by atoms with Crippen LogP contribution in [0.25, 0.3) is 0 Å². The molecule has 0 aliphatic rings. The van der Waals surface area contributed by atoms with Gasteiger partial charge in [0.1, 0.15) is 5.02 Å². The van der Waals surface area contributed by atoms with Crippen LogP contribution < -0.4 is 10.1 Å². The highest BCUT2D eigenvalue weighted by atomic mass is 35.5. The predicted molar refractivity (Wildman–Crippen MR) is 80.9 cm³/mol. The van der Waals surface area contributed by atoms with Crippen molar-refractivity contribution in [3.63, 3.8) is 0 Å². The fourth-order valence-electron chi connectivity index (χ4n) is 1.79. The smallest absolute Gasteiger partial charge is 0.272 e. The molecule has 8 heteroatoms. The van der Waals surface area contributed by atoms with Crippen molar-refractivity contribution in [3.05, 3.63) is 52.9 Å². The number of alkyl halides is 2. The molecule has 0 radical (unpaired) electrons. The summed E-state index contributed by atoms with van der Waals surface area (Å²) >= 11 is 5.96. The monoisotopic (exact) mass is 341 g/mol. The molecule has 0 spiro atoms. The van der Waals surface area contributed by atoms with Crippen molar-refractivity contribution in [2.24, 2.45) is 0 Å². The second-order valence-corrected chi connectivity index (χ2v) is 5.10. The minimum absolute atomic E-state index is 0.0663. The SMILES string of the molecule is CC(NC(=O)c1ccncc1)c1cnc(OCC(F)F)c(Cl)c1. The topological polar surface area (TPSA) is 64.1 Å². The number of ether oxygens (including phenoxy) is 1. The van der Waals surface area contributed by atoms with Gasteiger partial charge >= 0.3 is 0 Å². The maximum Gasteiger partial charge on any atom is 0.272 e. The summed E-state index contributed by atoms with van der Waals surface area (Å²) in [5.41, 5.74) is 1.10. The zero-order chi connectivity index (χ0) is 16.8. The molecule has 0 saturated heterocycles. The Labute approximate surface area is 136 Å². The lowest BCUT2D eigenvalue weighted by Gasteiger charge is -2.15. The van der Waals surface area contributed by atoms with Gasteiger partial charge in [-0.1, -0.05) is 11.6 Å². The number of nitrogens with one attached hydrogen (secondary N) is 1. The van der Waals surface area contributed by atoms with Gasteiger partial charge in [0.25, 0.3) is 12.3 Å². The van der Waals surface area contributed by atoms with Gasteiger partial charge in [0.05, 0.1) is 6.04 Å². The molecular weight excluding hydrogens is 328 g/mol. The Morgan fingerprint density at radius 1 is 1.39 bits per heavy atom. The Kier molecular flexibility index (Phi) is 5.81. The number of pyridine rings is 2. The molecule has 23 heavy (non-hydrogen) atoms. The molecule has 2 rings (SSSR count). The van der Waals surface area contributed by atoms with E-state index in [1.807, 2.05) is 0 Å². The normalized spacial score (nSPS) is 12.0. The van der Waals surface area contributed by atoms with Crippen molar-refractivity contribution in [3.8, 4) is 5.88 Å². The number of hydrogen-bond acceptors (Lipinski definition) is 4. The first-order valence-electron chi connectivity index (χ1n) is 6.74. The summed E-state index contributed by atoms with van der Waals surface area (Å²) in [7, 11) is 0. The number of halogens is 3. The third-order valence-corrected chi connectivity index (χ3v) is 3.24. The summed E-state index contributed by atoms with van der Waals surface area (Å²) in [4.78, 5) is 19.8. The summed E-state index contributed by atoms with van der Waals surface area (Å²) in [6.07, 6.45) is 1.86. The number of aromatic nitrogens is 2. The van der Waals surface area contributed by atoms with Gasteiger partial charge in [-0.05, 0) is 30.7 Å². The van der Waals surface area contributed by atoms with Gasteiger partial charge in [0, 0.05) is 24.2 Å². The average molecular weight is 342 g/mol. The molecule has 0 bridgehead atoms. The van der Waals surface area contributed by atoms with Crippen LogP contribution in [0.2, 0.25) is 5.02 Å². The molecule has 0 saturated carbocycles. The third-order valence-electron chi connectivity index (χ3n) is 2.96. The fraction of sp³-hybridized carbons (Fsp3) is 0.267. The van der Waals surface area contributed by atoms with E-state index < -0.39 is 13.0 Å². The molecule has 0 fully saturated rings. The lowest BCUT2D eigenvalue weighted by atomic mass is 10.1. The summed E-state index contributed by atoms with van der Waals surface area (Å²) < 4.78 is 29.0. The Morgan fingerprint density at radius 2 is 2.09 bits per heavy atom. The van der Waals surface area contributed by atoms with Gasteiger partial charge in [-0.25, -0.2) is 13.8 Å². The highest BCUT2D eigenvalue weighted by Crippen LogP contribution is 2.25. The van der Waals surface area contributed by atoms with Crippen LogP contribution in [0.15, 0.2) is 36.8 Å². The summed E-state index contributed by atoms with van der Waals surface area (Å²) in [5, 5.41) is 2.89. The van der Waals surface area contributed by atoms with Gasteiger partial charge in [-0.3, -0.25) is 9.78 Å². The molecule has 2 heterocycles. The molecule has 0 aromatic carbocycles. The van der Waals surface area contributed by atoms with Crippen molar-refractivity contribution in [1.29, 1.82) is 0 Å². The number of nitrogens with zero attached hydrogens (tertiary/aromatic N) is 2. The van der Waals surface area contributed by atoms with Crippen LogP contribution in [0, 0.1) is 0 Å². The van der Waals surface area contributed by atoms with Crippen LogP contribution in [-0.4, -0.2) is 28.9 Å². The Morgan fingerprint density at radius 3 is 2.70 bits per heavy atom. The minimum Gasteiger partial charge on any atom is -0.471 e. The highest BCUT2D eigenvalue weighted by molar-refractivity contribution is 6.31. The Bertz CT molecular complexity index is 671. The van der Waals surface area contributed by atoms with E-state index in [2.05, 4.69) is 15.3 Å². The first kappa shape index (κ1) is 17.1. The summed E-state index contributed by atoms with van der Waals surface area (Å²) in [5.74, 6) is -0.336. The van der Waals surface area contributed by atoms with Crippen molar-refractivity contribution < 1.29 is 18.3 Å². The van der Waals surface area contributed by atoms with E-state index in [-0.39, 0.29) is 22.9 Å².